The van der Waals surface area contributed by atoms with Gasteiger partial charge in [-0.2, -0.15) is 0 Å². The lowest BCUT2D eigenvalue weighted by Crippen LogP contribution is -2.20. The summed E-state index contributed by atoms with van der Waals surface area (Å²) < 4.78 is 6.35. The minimum atomic E-state index is -0.664. The summed E-state index contributed by atoms with van der Waals surface area (Å²) in [6.45, 7) is 3.69. The number of aliphatic hydroxyl groups excluding tert-OH is 1. The molecule has 2 N–H and O–H groups in total. The van der Waals surface area contributed by atoms with Crippen LogP contribution >= 0.6 is 23.1 Å². The van der Waals surface area contributed by atoms with E-state index in [4.69, 9.17) is 4.74 Å². The molecular weight excluding hydrogens is 394 g/mol. The van der Waals surface area contributed by atoms with Crippen LogP contribution in [0.1, 0.15) is 22.8 Å². The Morgan fingerprint density at radius 3 is 2.79 bits per heavy atom. The standard InChI is InChI=1S/C20H21N3O3S2/c1-13-6-8-16(9-7-13)21-19-22-23-20(28-19)27-12-17(25)11-26-18-5-3-4-15(10-18)14(2)24/h3-10,17,25H,11-12H2,1-2H3,(H,21,22)/t17-/m0/s1. The van der Waals surface area contributed by atoms with Crippen molar-refractivity contribution in [1.29, 1.82) is 0 Å². The molecule has 0 saturated heterocycles. The Kier molecular flexibility index (Phi) is 7.02. The molecule has 0 saturated carbocycles. The highest BCUT2D eigenvalue weighted by atomic mass is 32.2. The fourth-order valence-electron chi connectivity index (χ4n) is 2.29. The Balaban J connectivity index is 1.45. The Morgan fingerprint density at radius 2 is 2.04 bits per heavy atom. The first-order valence-corrected chi connectivity index (χ1v) is 10.5. The van der Waals surface area contributed by atoms with Gasteiger partial charge in [0.1, 0.15) is 12.4 Å². The van der Waals surface area contributed by atoms with Crippen LogP contribution in [0.4, 0.5) is 10.8 Å². The van der Waals surface area contributed by atoms with E-state index >= 15 is 0 Å². The normalized spacial score (nSPS) is 11.8. The fourth-order valence-corrected chi connectivity index (χ4v) is 4.00. The van der Waals surface area contributed by atoms with Gasteiger partial charge in [-0.25, -0.2) is 0 Å². The van der Waals surface area contributed by atoms with Crippen molar-refractivity contribution in [3.63, 3.8) is 0 Å². The molecule has 146 valence electrons. The zero-order valence-corrected chi connectivity index (χ0v) is 17.2. The molecule has 0 bridgehead atoms. The Labute approximate surface area is 172 Å². The van der Waals surface area contributed by atoms with Gasteiger partial charge in [-0.05, 0) is 38.1 Å². The second-order valence-corrected chi connectivity index (χ2v) is 8.47. The number of aliphatic hydroxyl groups is 1. The highest BCUT2D eigenvalue weighted by Gasteiger charge is 2.11. The van der Waals surface area contributed by atoms with Crippen molar-refractivity contribution in [2.24, 2.45) is 0 Å². The molecule has 0 amide bonds. The van der Waals surface area contributed by atoms with Crippen LogP contribution in [0.5, 0.6) is 5.75 Å². The minimum absolute atomic E-state index is 0.0205. The van der Waals surface area contributed by atoms with E-state index in [0.29, 0.717) is 22.2 Å². The van der Waals surface area contributed by atoms with E-state index in [1.807, 2.05) is 31.2 Å². The Bertz CT molecular complexity index is 928. The molecule has 0 unspecified atom stereocenters. The first-order chi connectivity index (χ1) is 13.5. The summed E-state index contributed by atoms with van der Waals surface area (Å²) in [6.07, 6.45) is -0.664. The molecule has 3 aromatic rings. The van der Waals surface area contributed by atoms with Gasteiger partial charge < -0.3 is 15.2 Å². The third-order valence-electron chi connectivity index (χ3n) is 3.79. The molecule has 0 aliphatic rings. The SMILES string of the molecule is CC(=O)c1cccc(OC[C@H](O)CSc2nnc(Nc3ccc(C)cc3)s2)c1. The lowest BCUT2D eigenvalue weighted by molar-refractivity contribution is 0.101. The van der Waals surface area contributed by atoms with Gasteiger partial charge in [-0.15, -0.1) is 10.2 Å². The van der Waals surface area contributed by atoms with E-state index in [2.05, 4.69) is 15.5 Å². The van der Waals surface area contributed by atoms with Crippen molar-refractivity contribution < 1.29 is 14.6 Å². The van der Waals surface area contributed by atoms with Crippen LogP contribution in [0.15, 0.2) is 52.9 Å². The van der Waals surface area contributed by atoms with Gasteiger partial charge in [-0.3, -0.25) is 4.79 Å². The van der Waals surface area contributed by atoms with Crippen LogP contribution < -0.4 is 10.1 Å². The van der Waals surface area contributed by atoms with Crippen molar-refractivity contribution in [2.45, 2.75) is 24.3 Å². The first kappa shape index (κ1) is 20.3. The number of rotatable bonds is 9. The number of aromatic nitrogens is 2. The summed E-state index contributed by atoms with van der Waals surface area (Å²) in [5.74, 6) is 0.982. The number of nitrogens with one attached hydrogen (secondary N) is 1. The topological polar surface area (TPSA) is 84.3 Å². The first-order valence-electron chi connectivity index (χ1n) is 8.71. The predicted octanol–water partition coefficient (Wildman–Crippen LogP) is 4.32. The van der Waals surface area contributed by atoms with Crippen LogP contribution in [0.2, 0.25) is 0 Å². The third kappa shape index (κ3) is 6.05. The maximum atomic E-state index is 11.4. The van der Waals surface area contributed by atoms with Gasteiger partial charge in [0.05, 0.1) is 6.10 Å². The van der Waals surface area contributed by atoms with E-state index in [-0.39, 0.29) is 12.4 Å². The molecule has 0 fully saturated rings. The number of anilines is 2. The van der Waals surface area contributed by atoms with Crippen LogP contribution in [0.3, 0.4) is 0 Å². The molecule has 28 heavy (non-hydrogen) atoms. The van der Waals surface area contributed by atoms with Crippen LogP contribution in [-0.4, -0.2) is 39.6 Å². The van der Waals surface area contributed by atoms with Crippen molar-refractivity contribution >= 4 is 39.7 Å². The van der Waals surface area contributed by atoms with Crippen molar-refractivity contribution in [3.05, 3.63) is 59.7 Å². The monoisotopic (exact) mass is 415 g/mol. The number of Topliss-reactive ketones (excluding diaryl/α,β-unsaturated/α-hetero) is 1. The van der Waals surface area contributed by atoms with Gasteiger partial charge >= 0.3 is 0 Å². The molecule has 0 aliphatic heterocycles. The summed E-state index contributed by atoms with van der Waals surface area (Å²) in [5.41, 5.74) is 2.74. The summed E-state index contributed by atoms with van der Waals surface area (Å²) >= 11 is 2.86. The third-order valence-corrected chi connectivity index (χ3v) is 5.91. The van der Waals surface area contributed by atoms with E-state index in [1.165, 1.54) is 35.6 Å². The number of carbonyl (C=O) groups is 1. The average molecular weight is 416 g/mol. The van der Waals surface area contributed by atoms with Gasteiger partial charge in [0, 0.05) is 17.0 Å². The Hall–Kier alpha value is -2.42. The van der Waals surface area contributed by atoms with Crippen LogP contribution in [-0.2, 0) is 0 Å². The number of thioether (sulfide) groups is 1. The number of nitrogens with zero attached hydrogens (tertiary/aromatic N) is 2. The second kappa shape index (κ2) is 9.68. The minimum Gasteiger partial charge on any atom is -0.491 e. The van der Waals surface area contributed by atoms with E-state index in [0.717, 1.165) is 10.0 Å². The van der Waals surface area contributed by atoms with Gasteiger partial charge in [0.15, 0.2) is 10.1 Å². The highest BCUT2D eigenvalue weighted by molar-refractivity contribution is 8.01. The number of hydrogen-bond acceptors (Lipinski definition) is 8. The maximum Gasteiger partial charge on any atom is 0.210 e. The Morgan fingerprint density at radius 1 is 1.25 bits per heavy atom. The molecule has 0 spiro atoms. The van der Waals surface area contributed by atoms with Gasteiger partial charge in [-0.1, -0.05) is 52.9 Å². The van der Waals surface area contributed by atoms with E-state index in [1.54, 1.807) is 24.3 Å². The quantitative estimate of drug-likeness (QED) is 0.398. The molecule has 1 aromatic heterocycles. The molecule has 2 aromatic carbocycles. The molecule has 3 rings (SSSR count). The number of carbonyl (C=O) groups excluding carboxylic acids is 1. The van der Waals surface area contributed by atoms with Crippen LogP contribution in [0, 0.1) is 6.92 Å². The van der Waals surface area contributed by atoms with Gasteiger partial charge in [0.25, 0.3) is 0 Å². The molecule has 8 heteroatoms. The fraction of sp³-hybridized carbons (Fsp3) is 0.250. The zero-order valence-electron chi connectivity index (χ0n) is 15.6. The van der Waals surface area contributed by atoms with Gasteiger partial charge in [0.2, 0.25) is 5.13 Å². The summed E-state index contributed by atoms with van der Waals surface area (Å²) in [4.78, 5) is 11.4. The number of ether oxygens (including phenoxy) is 1. The van der Waals surface area contributed by atoms with Crippen LogP contribution in [0.25, 0.3) is 0 Å². The van der Waals surface area contributed by atoms with E-state index < -0.39 is 6.10 Å². The smallest absolute Gasteiger partial charge is 0.210 e. The molecule has 1 atom stereocenters. The number of ketones is 1. The molecule has 1 heterocycles. The lowest BCUT2D eigenvalue weighted by Gasteiger charge is -2.11. The summed E-state index contributed by atoms with van der Waals surface area (Å²) in [7, 11) is 0. The summed E-state index contributed by atoms with van der Waals surface area (Å²) in [6, 6.07) is 15.0. The average Bonchev–Trinajstić information content (AvgIpc) is 3.14. The zero-order chi connectivity index (χ0) is 19.9. The summed E-state index contributed by atoms with van der Waals surface area (Å²) in [5, 5.41) is 22.3. The maximum absolute atomic E-state index is 11.4. The van der Waals surface area contributed by atoms with Crippen molar-refractivity contribution in [3.8, 4) is 5.75 Å². The predicted molar refractivity (Wildman–Crippen MR) is 113 cm³/mol. The second-order valence-electron chi connectivity index (χ2n) is 6.22. The number of aryl methyl sites for hydroxylation is 1. The van der Waals surface area contributed by atoms with E-state index in [9.17, 15) is 9.90 Å². The molecule has 0 aliphatic carbocycles. The molecular formula is C20H21N3O3S2. The molecule has 6 nitrogen and oxygen atoms in total. The highest BCUT2D eigenvalue weighted by Crippen LogP contribution is 2.28. The van der Waals surface area contributed by atoms with Crippen molar-refractivity contribution in [2.75, 3.05) is 17.7 Å². The largest absolute Gasteiger partial charge is 0.491 e. The number of benzene rings is 2. The van der Waals surface area contributed by atoms with Crippen molar-refractivity contribution in [1.82, 2.24) is 10.2 Å². The number of hydrogen-bond donors (Lipinski definition) is 2. The molecule has 0 radical (unpaired) electrons. The lowest BCUT2D eigenvalue weighted by atomic mass is 10.1.